The van der Waals surface area contributed by atoms with Crippen LogP contribution in [0.5, 0.6) is 0 Å². The topological polar surface area (TPSA) is 28.2 Å². The Morgan fingerprint density at radius 1 is 1.26 bits per heavy atom. The molecule has 0 aliphatic carbocycles. The molecule has 3 nitrogen and oxygen atoms in total. The summed E-state index contributed by atoms with van der Waals surface area (Å²) in [5, 5.41) is 3.43. The van der Waals surface area contributed by atoms with Crippen LogP contribution in [0.25, 0.3) is 0 Å². The van der Waals surface area contributed by atoms with Crippen LogP contribution in [0, 0.1) is 5.41 Å². The maximum Gasteiger partial charge on any atom is 0.0416 e. The summed E-state index contributed by atoms with van der Waals surface area (Å²) in [5.74, 6) is 0. The third kappa shape index (κ3) is 6.17. The highest BCUT2D eigenvalue weighted by molar-refractivity contribution is 5.03. The molecule has 0 saturated heterocycles. The quantitative estimate of drug-likeness (QED) is 0.819. The summed E-state index contributed by atoms with van der Waals surface area (Å²) in [6, 6.07) is 6.68. The molecule has 0 saturated carbocycles. The first-order valence-corrected chi connectivity index (χ1v) is 7.19. The molecule has 1 atom stereocenters. The summed E-state index contributed by atoms with van der Waals surface area (Å²) in [6.45, 7) is 9.07. The second-order valence-electron chi connectivity index (χ2n) is 6.37. The zero-order valence-corrected chi connectivity index (χ0v) is 13.1. The van der Waals surface area contributed by atoms with E-state index in [1.165, 1.54) is 12.1 Å². The minimum absolute atomic E-state index is 0.316. The zero-order valence-electron chi connectivity index (χ0n) is 13.1. The molecule has 1 heterocycles. The summed E-state index contributed by atoms with van der Waals surface area (Å²) in [6.07, 6.45) is 4.07. The van der Waals surface area contributed by atoms with Gasteiger partial charge >= 0.3 is 0 Å². The molecule has 0 bridgehead atoms. The minimum atomic E-state index is 0.316. The molecule has 1 aromatic rings. The van der Waals surface area contributed by atoms with Crippen LogP contribution < -0.4 is 5.32 Å². The molecule has 1 N–H and O–H groups in total. The van der Waals surface area contributed by atoms with Crippen LogP contribution in [-0.2, 0) is 6.42 Å². The van der Waals surface area contributed by atoms with Crippen molar-refractivity contribution in [1.29, 1.82) is 0 Å². The fourth-order valence-corrected chi connectivity index (χ4v) is 2.32. The Morgan fingerprint density at radius 2 is 2.00 bits per heavy atom. The van der Waals surface area contributed by atoms with Gasteiger partial charge in [-0.2, -0.15) is 0 Å². The number of nitrogens with zero attached hydrogens (tertiary/aromatic N) is 2. The summed E-state index contributed by atoms with van der Waals surface area (Å²) in [7, 11) is 4.25. The van der Waals surface area contributed by atoms with Gasteiger partial charge in [-0.15, -0.1) is 0 Å². The molecule has 0 fully saturated rings. The van der Waals surface area contributed by atoms with E-state index in [9.17, 15) is 0 Å². The number of aromatic nitrogens is 1. The van der Waals surface area contributed by atoms with Gasteiger partial charge in [0.15, 0.2) is 0 Å². The molecule has 3 heteroatoms. The Bertz CT molecular complexity index is 343. The molecule has 1 aromatic heterocycles. The third-order valence-electron chi connectivity index (χ3n) is 3.67. The number of nitrogens with one attached hydrogen (secondary N) is 1. The highest BCUT2D eigenvalue weighted by Crippen LogP contribution is 2.21. The van der Waals surface area contributed by atoms with Crippen molar-refractivity contribution < 1.29 is 0 Å². The van der Waals surface area contributed by atoms with Crippen LogP contribution in [0.3, 0.4) is 0 Å². The van der Waals surface area contributed by atoms with Gasteiger partial charge in [0.05, 0.1) is 0 Å². The van der Waals surface area contributed by atoms with Crippen molar-refractivity contribution >= 4 is 0 Å². The van der Waals surface area contributed by atoms with Crippen LogP contribution in [0.2, 0.25) is 0 Å². The van der Waals surface area contributed by atoms with E-state index in [0.29, 0.717) is 11.5 Å². The summed E-state index contributed by atoms with van der Waals surface area (Å²) in [4.78, 5) is 6.76. The number of likely N-dealkylation sites (N-methyl/N-ethyl adjacent to an activating group) is 1. The third-order valence-corrected chi connectivity index (χ3v) is 3.67. The molecule has 0 radical (unpaired) electrons. The van der Waals surface area contributed by atoms with Gasteiger partial charge in [0.1, 0.15) is 0 Å². The first kappa shape index (κ1) is 16.1. The highest BCUT2D eigenvalue weighted by atomic mass is 15.1. The van der Waals surface area contributed by atoms with E-state index in [1.807, 2.05) is 12.3 Å². The Morgan fingerprint density at radius 3 is 2.53 bits per heavy atom. The normalized spacial score (nSPS) is 13.8. The Hall–Kier alpha value is -0.930. The van der Waals surface area contributed by atoms with E-state index in [-0.39, 0.29) is 0 Å². The standard InChI is InChI=1S/C16H29N3/c1-16(2,3)15(17-4)10-13-19(5)12-9-14-8-6-7-11-18-14/h6-8,11,15,17H,9-10,12-13H2,1-5H3. The van der Waals surface area contributed by atoms with E-state index >= 15 is 0 Å². The fourth-order valence-electron chi connectivity index (χ4n) is 2.32. The predicted octanol–water partition coefficient (Wildman–Crippen LogP) is 2.58. The Labute approximate surface area is 118 Å². The first-order valence-electron chi connectivity index (χ1n) is 7.19. The van der Waals surface area contributed by atoms with Crippen molar-refractivity contribution in [3.8, 4) is 0 Å². The maximum absolute atomic E-state index is 4.36. The van der Waals surface area contributed by atoms with Crippen molar-refractivity contribution in [3.05, 3.63) is 30.1 Å². The first-order chi connectivity index (χ1) is 8.93. The highest BCUT2D eigenvalue weighted by Gasteiger charge is 2.22. The van der Waals surface area contributed by atoms with Crippen LogP contribution in [0.4, 0.5) is 0 Å². The smallest absolute Gasteiger partial charge is 0.0416 e. The number of hydrogen-bond acceptors (Lipinski definition) is 3. The average Bonchev–Trinajstić information content (AvgIpc) is 2.36. The van der Waals surface area contributed by atoms with Gasteiger partial charge in [-0.05, 0) is 44.6 Å². The van der Waals surface area contributed by atoms with Gasteiger partial charge in [-0.25, -0.2) is 0 Å². The van der Waals surface area contributed by atoms with Gasteiger partial charge in [-0.3, -0.25) is 4.98 Å². The minimum Gasteiger partial charge on any atom is -0.316 e. The molecular formula is C16H29N3. The SMILES string of the molecule is CNC(CCN(C)CCc1ccccn1)C(C)(C)C. The lowest BCUT2D eigenvalue weighted by atomic mass is 9.85. The monoisotopic (exact) mass is 263 g/mol. The summed E-state index contributed by atoms with van der Waals surface area (Å²) >= 11 is 0. The lowest BCUT2D eigenvalue weighted by Crippen LogP contribution is -2.40. The van der Waals surface area contributed by atoms with Crippen molar-refractivity contribution in [2.24, 2.45) is 5.41 Å². The van der Waals surface area contributed by atoms with Crippen LogP contribution in [0.15, 0.2) is 24.4 Å². The van der Waals surface area contributed by atoms with E-state index in [0.717, 1.165) is 19.5 Å². The van der Waals surface area contributed by atoms with Gasteiger partial charge in [0, 0.05) is 30.9 Å². The predicted molar refractivity (Wildman–Crippen MR) is 82.4 cm³/mol. The van der Waals surface area contributed by atoms with Gasteiger partial charge in [0.2, 0.25) is 0 Å². The number of rotatable bonds is 7. The van der Waals surface area contributed by atoms with E-state index in [1.54, 1.807) is 0 Å². The van der Waals surface area contributed by atoms with Crippen molar-refractivity contribution in [2.45, 2.75) is 39.7 Å². The van der Waals surface area contributed by atoms with E-state index < -0.39 is 0 Å². The van der Waals surface area contributed by atoms with E-state index in [4.69, 9.17) is 0 Å². The van der Waals surface area contributed by atoms with Crippen molar-refractivity contribution in [2.75, 3.05) is 27.2 Å². The van der Waals surface area contributed by atoms with Gasteiger partial charge in [0.25, 0.3) is 0 Å². The molecule has 0 aliphatic heterocycles. The zero-order chi connectivity index (χ0) is 14.3. The second-order valence-corrected chi connectivity index (χ2v) is 6.37. The lowest BCUT2D eigenvalue weighted by Gasteiger charge is -2.31. The fraction of sp³-hybridized carbons (Fsp3) is 0.688. The van der Waals surface area contributed by atoms with Crippen molar-refractivity contribution in [1.82, 2.24) is 15.2 Å². The molecule has 1 rings (SSSR count). The molecule has 19 heavy (non-hydrogen) atoms. The Kier molecular flexibility index (Phi) is 6.46. The van der Waals surface area contributed by atoms with Crippen LogP contribution in [0.1, 0.15) is 32.9 Å². The molecule has 0 aliphatic rings. The largest absolute Gasteiger partial charge is 0.316 e. The second kappa shape index (κ2) is 7.61. The summed E-state index contributed by atoms with van der Waals surface area (Å²) in [5.41, 5.74) is 1.49. The molecule has 108 valence electrons. The molecular weight excluding hydrogens is 234 g/mol. The van der Waals surface area contributed by atoms with Crippen LogP contribution >= 0.6 is 0 Å². The maximum atomic E-state index is 4.36. The van der Waals surface area contributed by atoms with Gasteiger partial charge in [-0.1, -0.05) is 26.8 Å². The number of pyridine rings is 1. The van der Waals surface area contributed by atoms with Crippen LogP contribution in [-0.4, -0.2) is 43.1 Å². The van der Waals surface area contributed by atoms with Gasteiger partial charge < -0.3 is 10.2 Å². The molecule has 0 aromatic carbocycles. The van der Waals surface area contributed by atoms with E-state index in [2.05, 4.69) is 62.2 Å². The molecule has 0 amide bonds. The lowest BCUT2D eigenvalue weighted by molar-refractivity contribution is 0.231. The van der Waals surface area contributed by atoms with Crippen molar-refractivity contribution in [3.63, 3.8) is 0 Å². The summed E-state index contributed by atoms with van der Waals surface area (Å²) < 4.78 is 0. The average molecular weight is 263 g/mol. The molecule has 1 unspecified atom stereocenters. The number of hydrogen-bond donors (Lipinski definition) is 1. The molecule has 0 spiro atoms. The Balaban J connectivity index is 2.30.